The summed E-state index contributed by atoms with van der Waals surface area (Å²) < 4.78 is 11.6. The third kappa shape index (κ3) is 3.74. The van der Waals surface area contributed by atoms with Crippen LogP contribution in [0.2, 0.25) is 0 Å². The number of carboxylic acids is 1. The molecule has 0 aliphatic rings. The van der Waals surface area contributed by atoms with Gasteiger partial charge in [-0.15, -0.1) is 0 Å². The number of pyridine rings is 1. The van der Waals surface area contributed by atoms with Gasteiger partial charge in [0.2, 0.25) is 0 Å². The summed E-state index contributed by atoms with van der Waals surface area (Å²) in [6, 6.07) is 9.03. The number of rotatable bonds is 6. The molecule has 1 N–H and O–H groups in total. The zero-order valence-electron chi connectivity index (χ0n) is 14.6. The van der Waals surface area contributed by atoms with E-state index in [1.165, 1.54) is 24.3 Å². The summed E-state index contributed by atoms with van der Waals surface area (Å²) >= 11 is 0. The summed E-state index contributed by atoms with van der Waals surface area (Å²) in [5.74, 6) is 0.238. The number of nitrogens with zero attached hydrogens (tertiary/aromatic N) is 1. The van der Waals surface area contributed by atoms with Crippen molar-refractivity contribution < 1.29 is 19.1 Å². The van der Waals surface area contributed by atoms with Crippen molar-refractivity contribution in [2.45, 2.75) is 20.3 Å². The van der Waals surface area contributed by atoms with Crippen molar-refractivity contribution in [3.8, 4) is 17.2 Å². The van der Waals surface area contributed by atoms with Gasteiger partial charge in [-0.25, -0.2) is 9.78 Å². The average molecular weight is 353 g/mol. The van der Waals surface area contributed by atoms with Gasteiger partial charge in [0.25, 0.3) is 0 Å². The number of carbonyl (C=O) groups is 1. The van der Waals surface area contributed by atoms with Gasteiger partial charge in [0.1, 0.15) is 17.0 Å². The van der Waals surface area contributed by atoms with E-state index < -0.39 is 5.97 Å². The van der Waals surface area contributed by atoms with Gasteiger partial charge in [-0.05, 0) is 42.7 Å². The Bertz CT molecular complexity index is 1010. The number of hydrogen-bond donors (Lipinski definition) is 1. The summed E-state index contributed by atoms with van der Waals surface area (Å²) in [6.07, 6.45) is 2.50. The predicted molar refractivity (Wildman–Crippen MR) is 97.6 cm³/mol. The molecule has 0 aliphatic carbocycles. The van der Waals surface area contributed by atoms with Crippen LogP contribution in [0.3, 0.4) is 0 Å². The number of ether oxygens (including phenoxy) is 1. The van der Waals surface area contributed by atoms with Crippen LogP contribution in [0, 0.1) is 5.92 Å². The number of carboxylic acid groups (broad SMARTS) is 1. The molecule has 6 nitrogen and oxygen atoms in total. The second-order valence-electron chi connectivity index (χ2n) is 6.37. The molecule has 0 aliphatic heterocycles. The fourth-order valence-electron chi connectivity index (χ4n) is 2.50. The normalized spacial score (nSPS) is 11.0. The highest BCUT2D eigenvalue weighted by molar-refractivity contribution is 5.93. The quantitative estimate of drug-likeness (QED) is 0.721. The Morgan fingerprint density at radius 2 is 2.08 bits per heavy atom. The van der Waals surface area contributed by atoms with E-state index in [-0.39, 0.29) is 22.1 Å². The second kappa shape index (κ2) is 7.39. The van der Waals surface area contributed by atoms with Gasteiger partial charge in [-0.1, -0.05) is 13.8 Å². The van der Waals surface area contributed by atoms with Crippen LogP contribution in [0.5, 0.6) is 5.75 Å². The second-order valence-corrected chi connectivity index (χ2v) is 6.37. The minimum Gasteiger partial charge on any atom is -0.491 e. The minimum absolute atomic E-state index is 0.0353. The number of benzene rings is 1. The van der Waals surface area contributed by atoms with Crippen LogP contribution in [0.4, 0.5) is 0 Å². The van der Waals surface area contributed by atoms with E-state index in [1.807, 2.05) is 0 Å². The van der Waals surface area contributed by atoms with Gasteiger partial charge in [0, 0.05) is 12.3 Å². The molecule has 134 valence electrons. The summed E-state index contributed by atoms with van der Waals surface area (Å²) in [4.78, 5) is 27.8. The fraction of sp³-hybridized carbons (Fsp3) is 0.250. The molecule has 0 atom stereocenters. The van der Waals surface area contributed by atoms with E-state index in [4.69, 9.17) is 14.3 Å². The van der Waals surface area contributed by atoms with Crippen molar-refractivity contribution in [1.29, 1.82) is 0 Å². The molecular formula is C20H19NO5. The summed E-state index contributed by atoms with van der Waals surface area (Å²) in [5.41, 5.74) is 0.449. The van der Waals surface area contributed by atoms with E-state index in [9.17, 15) is 9.59 Å². The molecule has 0 spiro atoms. The van der Waals surface area contributed by atoms with Gasteiger partial charge < -0.3 is 14.3 Å². The number of aromatic nitrogens is 1. The molecule has 3 rings (SSSR count). The Morgan fingerprint density at radius 1 is 1.27 bits per heavy atom. The highest BCUT2D eigenvalue weighted by Gasteiger charge is 2.14. The first-order chi connectivity index (χ1) is 12.5. The van der Waals surface area contributed by atoms with E-state index in [0.29, 0.717) is 29.6 Å². The first kappa shape index (κ1) is 17.7. The van der Waals surface area contributed by atoms with Crippen molar-refractivity contribution in [3.63, 3.8) is 0 Å². The number of aromatic carboxylic acids is 1. The first-order valence-corrected chi connectivity index (χ1v) is 8.35. The first-order valence-electron chi connectivity index (χ1n) is 8.35. The lowest BCUT2D eigenvalue weighted by Crippen LogP contribution is -2.05. The summed E-state index contributed by atoms with van der Waals surface area (Å²) in [5, 5.41) is 9.28. The lowest BCUT2D eigenvalue weighted by atomic mass is 10.1. The molecule has 26 heavy (non-hydrogen) atoms. The maximum atomic E-state index is 12.4. The molecule has 0 bridgehead atoms. The van der Waals surface area contributed by atoms with Crippen molar-refractivity contribution >= 4 is 16.9 Å². The molecule has 0 saturated carbocycles. The summed E-state index contributed by atoms with van der Waals surface area (Å²) in [6.45, 7) is 4.76. The molecule has 2 aromatic heterocycles. The largest absolute Gasteiger partial charge is 0.491 e. The average Bonchev–Trinajstić information content (AvgIpc) is 2.61. The van der Waals surface area contributed by atoms with E-state index >= 15 is 0 Å². The highest BCUT2D eigenvalue weighted by atomic mass is 16.5. The standard InChI is InChI=1S/C20H19NO5/c1-12(2)7-9-25-17-4-3-8-21-19(17)18-11-15(22)14-10-13(20(23)24)5-6-16(14)26-18/h3-6,8,10-12H,7,9H2,1-2H3,(H,23,24). The molecule has 0 saturated heterocycles. The van der Waals surface area contributed by atoms with Gasteiger partial charge in [-0.3, -0.25) is 4.79 Å². The Balaban J connectivity index is 2.02. The fourth-order valence-corrected chi connectivity index (χ4v) is 2.50. The Kier molecular flexibility index (Phi) is 5.02. The molecule has 0 radical (unpaired) electrons. The maximum absolute atomic E-state index is 12.4. The molecule has 3 aromatic rings. The number of fused-ring (bicyclic) bond motifs is 1. The number of hydrogen-bond acceptors (Lipinski definition) is 5. The Morgan fingerprint density at radius 3 is 2.81 bits per heavy atom. The van der Waals surface area contributed by atoms with Crippen molar-refractivity contribution in [2.24, 2.45) is 5.92 Å². The lowest BCUT2D eigenvalue weighted by Gasteiger charge is -2.11. The maximum Gasteiger partial charge on any atom is 0.335 e. The Labute approximate surface area is 150 Å². The van der Waals surface area contributed by atoms with Crippen LogP contribution in [0.15, 0.2) is 51.8 Å². The van der Waals surface area contributed by atoms with Crippen LogP contribution < -0.4 is 10.2 Å². The highest BCUT2D eigenvalue weighted by Crippen LogP contribution is 2.29. The third-order valence-corrected chi connectivity index (χ3v) is 3.93. The van der Waals surface area contributed by atoms with Crippen LogP contribution in [-0.2, 0) is 0 Å². The lowest BCUT2D eigenvalue weighted by molar-refractivity contribution is 0.0697. The van der Waals surface area contributed by atoms with Crippen LogP contribution in [0.25, 0.3) is 22.4 Å². The van der Waals surface area contributed by atoms with E-state index in [1.54, 1.807) is 18.3 Å². The molecule has 0 fully saturated rings. The van der Waals surface area contributed by atoms with E-state index in [0.717, 1.165) is 6.42 Å². The molecule has 6 heteroatoms. The van der Waals surface area contributed by atoms with Gasteiger partial charge in [-0.2, -0.15) is 0 Å². The SMILES string of the molecule is CC(C)CCOc1cccnc1-c1cc(=O)c2cc(C(=O)O)ccc2o1. The van der Waals surface area contributed by atoms with Crippen LogP contribution >= 0.6 is 0 Å². The minimum atomic E-state index is -1.10. The molecular weight excluding hydrogens is 334 g/mol. The monoisotopic (exact) mass is 353 g/mol. The van der Waals surface area contributed by atoms with Crippen LogP contribution in [0.1, 0.15) is 30.6 Å². The van der Waals surface area contributed by atoms with Gasteiger partial charge in [0.15, 0.2) is 11.2 Å². The summed E-state index contributed by atoms with van der Waals surface area (Å²) in [7, 11) is 0. The Hall–Kier alpha value is -3.15. The molecule has 0 unspecified atom stereocenters. The zero-order valence-corrected chi connectivity index (χ0v) is 14.6. The smallest absolute Gasteiger partial charge is 0.335 e. The van der Waals surface area contributed by atoms with Crippen molar-refractivity contribution in [1.82, 2.24) is 4.98 Å². The van der Waals surface area contributed by atoms with E-state index in [2.05, 4.69) is 18.8 Å². The van der Waals surface area contributed by atoms with Crippen molar-refractivity contribution in [2.75, 3.05) is 6.61 Å². The van der Waals surface area contributed by atoms with Gasteiger partial charge >= 0.3 is 5.97 Å². The molecule has 0 amide bonds. The zero-order chi connectivity index (χ0) is 18.7. The van der Waals surface area contributed by atoms with Crippen molar-refractivity contribution in [3.05, 3.63) is 58.4 Å². The predicted octanol–water partition coefficient (Wildman–Crippen LogP) is 3.98. The third-order valence-electron chi connectivity index (χ3n) is 3.93. The molecule has 2 heterocycles. The topological polar surface area (TPSA) is 89.6 Å². The molecule has 1 aromatic carbocycles. The van der Waals surface area contributed by atoms with Crippen LogP contribution in [-0.4, -0.2) is 22.7 Å². The van der Waals surface area contributed by atoms with Gasteiger partial charge in [0.05, 0.1) is 17.6 Å².